The summed E-state index contributed by atoms with van der Waals surface area (Å²) in [6, 6.07) is 9.68. The Bertz CT molecular complexity index is 725. The Labute approximate surface area is 122 Å². The predicted molar refractivity (Wildman–Crippen MR) is 74.4 cm³/mol. The van der Waals surface area contributed by atoms with Gasteiger partial charge in [-0.25, -0.2) is 8.78 Å². The van der Waals surface area contributed by atoms with Crippen molar-refractivity contribution in [2.75, 3.05) is 6.61 Å². The highest BCUT2D eigenvalue weighted by Crippen LogP contribution is 2.14. The van der Waals surface area contributed by atoms with Crippen LogP contribution in [0.5, 0.6) is 0 Å². The van der Waals surface area contributed by atoms with Gasteiger partial charge in [-0.2, -0.15) is 8.42 Å². The van der Waals surface area contributed by atoms with Crippen molar-refractivity contribution in [3.05, 3.63) is 65.2 Å². The lowest BCUT2D eigenvalue weighted by molar-refractivity contribution is 0.322. The summed E-state index contributed by atoms with van der Waals surface area (Å²) >= 11 is 0. The lowest BCUT2D eigenvalue weighted by Gasteiger charge is -2.06. The zero-order chi connectivity index (χ0) is 15.5. The molecule has 0 amide bonds. The van der Waals surface area contributed by atoms with Crippen LogP contribution in [0.1, 0.15) is 11.1 Å². The molecule has 0 aromatic heterocycles. The van der Waals surface area contributed by atoms with Gasteiger partial charge in [-0.05, 0) is 43.2 Å². The number of benzene rings is 2. The fourth-order valence-corrected chi connectivity index (χ4v) is 2.65. The zero-order valence-electron chi connectivity index (χ0n) is 11.3. The van der Waals surface area contributed by atoms with E-state index in [0.717, 1.165) is 17.7 Å². The highest BCUT2D eigenvalue weighted by molar-refractivity contribution is 7.86. The molecule has 0 aliphatic rings. The Morgan fingerprint density at radius 2 is 1.67 bits per heavy atom. The van der Waals surface area contributed by atoms with Crippen molar-refractivity contribution < 1.29 is 21.4 Å². The highest BCUT2D eigenvalue weighted by Gasteiger charge is 2.14. The number of hydrogen-bond acceptors (Lipinski definition) is 3. The van der Waals surface area contributed by atoms with E-state index < -0.39 is 21.8 Å². The largest absolute Gasteiger partial charge is 0.296 e. The normalized spacial score (nSPS) is 11.6. The van der Waals surface area contributed by atoms with Gasteiger partial charge in [0.25, 0.3) is 10.1 Å². The third kappa shape index (κ3) is 4.09. The number of hydrogen-bond donors (Lipinski definition) is 0. The minimum atomic E-state index is -3.83. The van der Waals surface area contributed by atoms with Crippen molar-refractivity contribution in [3.63, 3.8) is 0 Å². The second kappa shape index (κ2) is 6.32. The van der Waals surface area contributed by atoms with Crippen LogP contribution in [0.15, 0.2) is 47.4 Å². The van der Waals surface area contributed by atoms with Crippen molar-refractivity contribution in [2.45, 2.75) is 18.2 Å². The average molecular weight is 312 g/mol. The van der Waals surface area contributed by atoms with Crippen molar-refractivity contribution in [3.8, 4) is 0 Å². The van der Waals surface area contributed by atoms with Gasteiger partial charge in [-0.3, -0.25) is 4.18 Å². The first-order valence-electron chi connectivity index (χ1n) is 6.28. The van der Waals surface area contributed by atoms with Gasteiger partial charge >= 0.3 is 0 Å². The van der Waals surface area contributed by atoms with E-state index in [2.05, 4.69) is 0 Å². The Hall–Kier alpha value is -1.79. The van der Waals surface area contributed by atoms with E-state index in [0.29, 0.717) is 5.56 Å². The van der Waals surface area contributed by atoms with Crippen LogP contribution in [0.2, 0.25) is 0 Å². The second-order valence-electron chi connectivity index (χ2n) is 4.59. The molecule has 0 saturated heterocycles. The maximum atomic E-state index is 13.0. The fraction of sp³-hybridized carbons (Fsp3) is 0.200. The van der Waals surface area contributed by atoms with E-state index in [1.165, 1.54) is 18.2 Å². The van der Waals surface area contributed by atoms with Crippen LogP contribution in [0.4, 0.5) is 8.78 Å². The van der Waals surface area contributed by atoms with Crippen LogP contribution >= 0.6 is 0 Å². The third-order valence-electron chi connectivity index (χ3n) is 2.92. The molecule has 21 heavy (non-hydrogen) atoms. The molecule has 0 atom stereocenters. The smallest absolute Gasteiger partial charge is 0.266 e. The molecule has 112 valence electrons. The molecule has 0 unspecified atom stereocenters. The summed E-state index contributed by atoms with van der Waals surface area (Å²) in [6.45, 7) is 1.71. The summed E-state index contributed by atoms with van der Waals surface area (Å²) in [5.74, 6) is -1.90. The number of halogens is 2. The van der Waals surface area contributed by atoms with Crippen LogP contribution in [-0.4, -0.2) is 15.0 Å². The van der Waals surface area contributed by atoms with Gasteiger partial charge in [-0.15, -0.1) is 0 Å². The van der Waals surface area contributed by atoms with Gasteiger partial charge < -0.3 is 0 Å². The Kier molecular flexibility index (Phi) is 4.69. The fourth-order valence-electron chi connectivity index (χ4n) is 1.74. The van der Waals surface area contributed by atoms with Crippen LogP contribution in [-0.2, 0) is 20.7 Å². The van der Waals surface area contributed by atoms with Gasteiger partial charge in [0, 0.05) is 0 Å². The molecule has 0 saturated carbocycles. The first kappa shape index (κ1) is 15.6. The number of rotatable bonds is 5. The van der Waals surface area contributed by atoms with Gasteiger partial charge in [0.2, 0.25) is 0 Å². The molecule has 0 aliphatic carbocycles. The molecule has 0 aliphatic heterocycles. The summed E-state index contributed by atoms with van der Waals surface area (Å²) in [5, 5.41) is 0. The second-order valence-corrected chi connectivity index (χ2v) is 6.20. The van der Waals surface area contributed by atoms with E-state index in [-0.39, 0.29) is 17.9 Å². The van der Waals surface area contributed by atoms with Crippen LogP contribution in [0.3, 0.4) is 0 Å². The molecule has 6 heteroatoms. The van der Waals surface area contributed by atoms with Crippen molar-refractivity contribution in [1.82, 2.24) is 0 Å². The minimum absolute atomic E-state index is 0.0680. The highest BCUT2D eigenvalue weighted by atomic mass is 32.2. The average Bonchev–Trinajstić information content (AvgIpc) is 2.43. The quantitative estimate of drug-likeness (QED) is 0.796. The van der Waals surface area contributed by atoms with Crippen LogP contribution in [0.25, 0.3) is 0 Å². The van der Waals surface area contributed by atoms with Gasteiger partial charge in [0.05, 0.1) is 11.5 Å². The lowest BCUT2D eigenvalue weighted by atomic mass is 10.1. The minimum Gasteiger partial charge on any atom is -0.266 e. The molecular formula is C15H14F2O3S. The SMILES string of the molecule is Cc1ccc(S(=O)(=O)OCCc2ccc(F)c(F)c2)cc1. The zero-order valence-corrected chi connectivity index (χ0v) is 12.2. The van der Waals surface area contributed by atoms with E-state index in [9.17, 15) is 17.2 Å². The van der Waals surface area contributed by atoms with Crippen LogP contribution < -0.4 is 0 Å². The molecule has 2 rings (SSSR count). The topological polar surface area (TPSA) is 43.4 Å². The van der Waals surface area contributed by atoms with E-state index in [1.807, 2.05) is 6.92 Å². The summed E-state index contributed by atoms with van der Waals surface area (Å²) in [7, 11) is -3.83. The molecule has 3 nitrogen and oxygen atoms in total. The molecule has 0 spiro atoms. The third-order valence-corrected chi connectivity index (χ3v) is 4.25. The summed E-state index contributed by atoms with van der Waals surface area (Å²) < 4.78 is 54.5. The molecule has 0 radical (unpaired) electrons. The molecule has 2 aromatic carbocycles. The van der Waals surface area contributed by atoms with E-state index >= 15 is 0 Å². The molecule has 0 heterocycles. The Balaban J connectivity index is 1.98. The van der Waals surface area contributed by atoms with Crippen molar-refractivity contribution >= 4 is 10.1 Å². The van der Waals surface area contributed by atoms with E-state index in [4.69, 9.17) is 4.18 Å². The van der Waals surface area contributed by atoms with Gasteiger partial charge in [0.15, 0.2) is 11.6 Å². The Morgan fingerprint density at radius 1 is 1.00 bits per heavy atom. The first-order valence-corrected chi connectivity index (χ1v) is 7.69. The standard InChI is InChI=1S/C15H14F2O3S/c1-11-2-5-13(6-3-11)21(18,19)20-9-8-12-4-7-14(16)15(17)10-12/h2-7,10H,8-9H2,1H3. The molecule has 0 fully saturated rings. The van der Waals surface area contributed by atoms with Crippen LogP contribution in [0, 0.1) is 18.6 Å². The maximum absolute atomic E-state index is 13.0. The lowest BCUT2D eigenvalue weighted by Crippen LogP contribution is -2.09. The molecule has 2 aromatic rings. The van der Waals surface area contributed by atoms with E-state index in [1.54, 1.807) is 12.1 Å². The summed E-state index contributed by atoms with van der Waals surface area (Å²) in [4.78, 5) is 0.0680. The summed E-state index contributed by atoms with van der Waals surface area (Å²) in [6.07, 6.45) is 0.169. The Morgan fingerprint density at radius 3 is 2.29 bits per heavy atom. The molecule has 0 N–H and O–H groups in total. The monoisotopic (exact) mass is 312 g/mol. The predicted octanol–water partition coefficient (Wildman–Crippen LogP) is 3.22. The maximum Gasteiger partial charge on any atom is 0.296 e. The van der Waals surface area contributed by atoms with Crippen molar-refractivity contribution in [1.29, 1.82) is 0 Å². The first-order chi connectivity index (χ1) is 9.88. The molecule has 0 bridgehead atoms. The number of aryl methyl sites for hydroxylation is 1. The molecular weight excluding hydrogens is 298 g/mol. The van der Waals surface area contributed by atoms with Gasteiger partial charge in [-0.1, -0.05) is 23.8 Å². The van der Waals surface area contributed by atoms with Gasteiger partial charge in [0.1, 0.15) is 0 Å². The summed E-state index contributed by atoms with van der Waals surface area (Å²) in [5.41, 5.74) is 1.41. The van der Waals surface area contributed by atoms with Crippen molar-refractivity contribution in [2.24, 2.45) is 0 Å².